The zero-order chi connectivity index (χ0) is 24.6. The molecule has 0 heterocycles. The second-order valence-electron chi connectivity index (χ2n) is 7.14. The average Bonchev–Trinajstić information content (AvgIpc) is 2.77. The molecule has 9 nitrogen and oxygen atoms in total. The van der Waals surface area contributed by atoms with E-state index in [1.165, 1.54) is 16.7 Å². The van der Waals surface area contributed by atoms with Gasteiger partial charge in [0.25, 0.3) is 0 Å². The summed E-state index contributed by atoms with van der Waals surface area (Å²) in [7, 11) is 2.04. The summed E-state index contributed by atoms with van der Waals surface area (Å²) < 4.78 is 6.27. The number of benzene rings is 2. The molecule has 0 bridgehead atoms. The highest BCUT2D eigenvalue weighted by molar-refractivity contribution is 5.89. The Morgan fingerprint density at radius 2 is 1.58 bits per heavy atom. The Morgan fingerprint density at radius 1 is 1.00 bits per heavy atom. The van der Waals surface area contributed by atoms with Crippen molar-refractivity contribution in [1.82, 2.24) is 4.90 Å². The Hall–Kier alpha value is -3.69. The predicted octanol–water partition coefficient (Wildman–Crippen LogP) is 2.02. The van der Waals surface area contributed by atoms with Gasteiger partial charge in [-0.15, -0.1) is 0 Å². The summed E-state index contributed by atoms with van der Waals surface area (Å²) in [4.78, 5) is 25.3. The summed E-state index contributed by atoms with van der Waals surface area (Å²) in [6, 6.07) is 18.7. The number of aryl methyl sites for hydroxylation is 1. The first-order valence-corrected chi connectivity index (χ1v) is 10.3. The first kappa shape index (κ1) is 27.3. The summed E-state index contributed by atoms with van der Waals surface area (Å²) in [5.74, 6) is -2.38. The lowest BCUT2D eigenvalue weighted by molar-refractivity contribution is -0.134. The van der Waals surface area contributed by atoms with Crippen molar-refractivity contribution < 1.29 is 24.5 Å². The first-order valence-electron chi connectivity index (χ1n) is 10.3. The fourth-order valence-electron chi connectivity index (χ4n) is 2.80. The van der Waals surface area contributed by atoms with Crippen molar-refractivity contribution in [2.45, 2.75) is 13.0 Å². The fourth-order valence-corrected chi connectivity index (χ4v) is 2.80. The SMILES string of the molecule is Cc1ccccc1C(OCCN(C)CCN=C(N)N)c1ccccc1.O=C(O)/C=C/C(=O)O. The molecule has 0 radical (unpaired) electrons. The molecular weight excluding hydrogens is 424 g/mol. The van der Waals surface area contributed by atoms with E-state index in [0.717, 1.165) is 13.1 Å². The number of ether oxygens (including phenoxy) is 1. The number of aliphatic carboxylic acids is 2. The molecule has 33 heavy (non-hydrogen) atoms. The van der Waals surface area contributed by atoms with Gasteiger partial charge in [-0.05, 0) is 30.7 Å². The van der Waals surface area contributed by atoms with E-state index >= 15 is 0 Å². The largest absolute Gasteiger partial charge is 0.478 e. The van der Waals surface area contributed by atoms with Crippen LogP contribution in [-0.2, 0) is 14.3 Å². The minimum atomic E-state index is -1.26. The number of carboxylic acid groups (broad SMARTS) is 2. The third kappa shape index (κ3) is 12.1. The Balaban J connectivity index is 0.000000582. The van der Waals surface area contributed by atoms with E-state index in [9.17, 15) is 9.59 Å². The second kappa shape index (κ2) is 15.2. The maximum absolute atomic E-state index is 9.55. The van der Waals surface area contributed by atoms with Crippen LogP contribution in [0.1, 0.15) is 22.8 Å². The summed E-state index contributed by atoms with van der Waals surface area (Å²) in [6.45, 7) is 4.96. The predicted molar refractivity (Wildman–Crippen MR) is 128 cm³/mol. The molecule has 9 heteroatoms. The van der Waals surface area contributed by atoms with Gasteiger partial charge in [0.15, 0.2) is 5.96 Å². The zero-order valence-electron chi connectivity index (χ0n) is 18.9. The number of hydrogen-bond acceptors (Lipinski definition) is 5. The number of rotatable bonds is 11. The van der Waals surface area contributed by atoms with Gasteiger partial charge in [0.2, 0.25) is 0 Å². The van der Waals surface area contributed by atoms with E-state index in [2.05, 4.69) is 53.2 Å². The lowest BCUT2D eigenvalue weighted by Gasteiger charge is -2.23. The number of guanidine groups is 1. The van der Waals surface area contributed by atoms with Crippen LogP contribution in [0.15, 0.2) is 71.7 Å². The Bertz CT molecular complexity index is 911. The molecule has 1 atom stereocenters. The monoisotopic (exact) mass is 456 g/mol. The molecule has 2 aromatic rings. The van der Waals surface area contributed by atoms with E-state index in [-0.39, 0.29) is 12.1 Å². The topological polar surface area (TPSA) is 151 Å². The summed E-state index contributed by atoms with van der Waals surface area (Å²) >= 11 is 0. The van der Waals surface area contributed by atoms with Crippen LogP contribution in [-0.4, -0.2) is 66.3 Å². The highest BCUT2D eigenvalue weighted by Gasteiger charge is 2.16. The standard InChI is InChI=1S/C20H28N4O.C4H4O4/c1-16-8-6-7-11-18(16)19(17-9-4-3-5-10-17)25-15-14-24(2)13-12-23-20(21)22;5-3(6)1-2-4(7)8/h3-11,19H,12-15H2,1-2H3,(H4,21,22,23);1-2H,(H,5,6)(H,7,8)/b;2-1+. The highest BCUT2D eigenvalue weighted by Crippen LogP contribution is 2.28. The van der Waals surface area contributed by atoms with E-state index in [4.69, 9.17) is 26.4 Å². The van der Waals surface area contributed by atoms with Crippen molar-refractivity contribution in [3.63, 3.8) is 0 Å². The van der Waals surface area contributed by atoms with Crippen LogP contribution >= 0.6 is 0 Å². The Labute approximate surface area is 194 Å². The van der Waals surface area contributed by atoms with Crippen molar-refractivity contribution in [2.75, 3.05) is 33.3 Å². The fraction of sp³-hybridized carbons (Fsp3) is 0.292. The third-order valence-electron chi connectivity index (χ3n) is 4.48. The molecule has 6 N–H and O–H groups in total. The van der Waals surface area contributed by atoms with Gasteiger partial charge in [-0.2, -0.15) is 0 Å². The van der Waals surface area contributed by atoms with E-state index < -0.39 is 11.9 Å². The van der Waals surface area contributed by atoms with Crippen LogP contribution in [0.3, 0.4) is 0 Å². The lowest BCUT2D eigenvalue weighted by atomic mass is 9.97. The smallest absolute Gasteiger partial charge is 0.328 e. The molecule has 178 valence electrons. The van der Waals surface area contributed by atoms with Crippen LogP contribution in [0.5, 0.6) is 0 Å². The number of nitrogens with two attached hydrogens (primary N) is 2. The number of hydrogen-bond donors (Lipinski definition) is 4. The van der Waals surface area contributed by atoms with Gasteiger partial charge in [0.1, 0.15) is 6.10 Å². The third-order valence-corrected chi connectivity index (χ3v) is 4.48. The van der Waals surface area contributed by atoms with Crippen LogP contribution in [0.2, 0.25) is 0 Å². The van der Waals surface area contributed by atoms with Gasteiger partial charge in [-0.1, -0.05) is 54.6 Å². The van der Waals surface area contributed by atoms with Gasteiger partial charge in [0, 0.05) is 25.2 Å². The maximum Gasteiger partial charge on any atom is 0.328 e. The van der Waals surface area contributed by atoms with E-state index in [1.54, 1.807) is 0 Å². The minimum Gasteiger partial charge on any atom is -0.478 e. The van der Waals surface area contributed by atoms with Crippen molar-refractivity contribution in [2.24, 2.45) is 16.5 Å². The normalized spacial score (nSPS) is 11.5. The molecule has 0 fully saturated rings. The molecule has 1 unspecified atom stereocenters. The lowest BCUT2D eigenvalue weighted by Crippen LogP contribution is -2.29. The molecule has 0 saturated heterocycles. The highest BCUT2D eigenvalue weighted by atomic mass is 16.5. The molecule has 2 aromatic carbocycles. The molecule has 0 aliphatic rings. The summed E-state index contributed by atoms with van der Waals surface area (Å²) in [5.41, 5.74) is 14.3. The van der Waals surface area contributed by atoms with Crippen molar-refractivity contribution in [1.29, 1.82) is 0 Å². The average molecular weight is 457 g/mol. The molecule has 0 saturated carbocycles. The van der Waals surface area contributed by atoms with Crippen molar-refractivity contribution >= 4 is 17.9 Å². The zero-order valence-corrected chi connectivity index (χ0v) is 18.9. The van der Waals surface area contributed by atoms with Gasteiger partial charge in [-0.25, -0.2) is 9.59 Å². The molecule has 0 aliphatic carbocycles. The number of likely N-dealkylation sites (N-methyl/N-ethyl adjacent to an activating group) is 1. The molecule has 0 amide bonds. The first-order chi connectivity index (χ1) is 15.7. The Kier molecular flexibility index (Phi) is 12.6. The van der Waals surface area contributed by atoms with Crippen molar-refractivity contribution in [3.05, 3.63) is 83.4 Å². The second-order valence-corrected chi connectivity index (χ2v) is 7.14. The van der Waals surface area contributed by atoms with Crippen LogP contribution in [0, 0.1) is 6.92 Å². The number of carbonyl (C=O) groups is 2. The van der Waals surface area contributed by atoms with Gasteiger partial charge < -0.3 is 31.3 Å². The molecule has 0 aromatic heterocycles. The number of carboxylic acids is 2. The van der Waals surface area contributed by atoms with Gasteiger partial charge in [0.05, 0.1) is 13.2 Å². The summed E-state index contributed by atoms with van der Waals surface area (Å²) in [5, 5.41) is 15.6. The number of nitrogens with zero attached hydrogens (tertiary/aromatic N) is 2. The van der Waals surface area contributed by atoms with Crippen LogP contribution in [0.25, 0.3) is 0 Å². The molecule has 0 aliphatic heterocycles. The van der Waals surface area contributed by atoms with E-state index in [1.807, 2.05) is 25.2 Å². The van der Waals surface area contributed by atoms with E-state index in [0.29, 0.717) is 25.3 Å². The quantitative estimate of drug-likeness (QED) is 0.228. The van der Waals surface area contributed by atoms with Crippen molar-refractivity contribution in [3.8, 4) is 0 Å². The summed E-state index contributed by atoms with van der Waals surface area (Å²) in [6.07, 6.45) is 1.05. The van der Waals surface area contributed by atoms with Gasteiger partial charge in [-0.3, -0.25) is 4.99 Å². The van der Waals surface area contributed by atoms with Crippen LogP contribution in [0.4, 0.5) is 0 Å². The Morgan fingerprint density at radius 3 is 2.12 bits per heavy atom. The molecule has 2 rings (SSSR count). The number of aliphatic imine (C=N–C) groups is 1. The maximum atomic E-state index is 9.55. The van der Waals surface area contributed by atoms with Gasteiger partial charge >= 0.3 is 11.9 Å². The molecular formula is C24H32N4O5. The minimum absolute atomic E-state index is 0.0616. The molecule has 0 spiro atoms. The van der Waals surface area contributed by atoms with Crippen LogP contribution < -0.4 is 11.5 Å².